The zero-order valence-electron chi connectivity index (χ0n) is 16.4. The van der Waals surface area contributed by atoms with Crippen molar-refractivity contribution < 1.29 is 9.21 Å². The molecule has 1 amide bonds. The normalized spacial score (nSPS) is 11.7. The SMILES string of the molecule is Cc1c(C(=O)Nc2cc(C(C)(C)C)nn2-c2ccccn2)oc2ccccc12. The molecule has 4 rings (SSSR count). The van der Waals surface area contributed by atoms with E-state index in [1.54, 1.807) is 10.9 Å². The summed E-state index contributed by atoms with van der Waals surface area (Å²) in [7, 11) is 0. The summed E-state index contributed by atoms with van der Waals surface area (Å²) in [6.07, 6.45) is 1.70. The molecule has 4 aromatic rings. The molecule has 0 atom stereocenters. The maximum atomic E-state index is 13.0. The van der Waals surface area contributed by atoms with E-state index in [1.807, 2.05) is 55.5 Å². The zero-order valence-corrected chi connectivity index (χ0v) is 16.4. The van der Waals surface area contributed by atoms with Gasteiger partial charge in [-0.15, -0.1) is 0 Å². The fraction of sp³-hybridized carbons (Fsp3) is 0.227. The van der Waals surface area contributed by atoms with Crippen LogP contribution in [0.5, 0.6) is 0 Å². The van der Waals surface area contributed by atoms with E-state index in [4.69, 9.17) is 4.42 Å². The van der Waals surface area contributed by atoms with E-state index >= 15 is 0 Å². The highest BCUT2D eigenvalue weighted by molar-refractivity contribution is 6.06. The van der Waals surface area contributed by atoms with Crippen molar-refractivity contribution >= 4 is 22.7 Å². The molecule has 3 heterocycles. The monoisotopic (exact) mass is 374 g/mol. The second kappa shape index (κ2) is 6.64. The van der Waals surface area contributed by atoms with Crippen LogP contribution in [0, 0.1) is 6.92 Å². The van der Waals surface area contributed by atoms with Crippen LogP contribution < -0.4 is 5.32 Å². The molecule has 0 spiro atoms. The molecule has 0 saturated heterocycles. The van der Waals surface area contributed by atoms with Gasteiger partial charge in [0.15, 0.2) is 11.6 Å². The smallest absolute Gasteiger partial charge is 0.292 e. The number of amides is 1. The molecule has 0 aliphatic carbocycles. The molecule has 3 aromatic heterocycles. The van der Waals surface area contributed by atoms with Crippen molar-refractivity contribution in [3.8, 4) is 5.82 Å². The number of nitrogens with one attached hydrogen (secondary N) is 1. The van der Waals surface area contributed by atoms with E-state index in [9.17, 15) is 4.79 Å². The summed E-state index contributed by atoms with van der Waals surface area (Å²) >= 11 is 0. The van der Waals surface area contributed by atoms with Gasteiger partial charge in [-0.3, -0.25) is 4.79 Å². The van der Waals surface area contributed by atoms with Crippen LogP contribution in [0.3, 0.4) is 0 Å². The Bertz CT molecular complexity index is 1150. The van der Waals surface area contributed by atoms with Crippen LogP contribution >= 0.6 is 0 Å². The predicted molar refractivity (Wildman–Crippen MR) is 109 cm³/mol. The molecular weight excluding hydrogens is 352 g/mol. The standard InChI is InChI=1S/C22H22N4O2/c1-14-15-9-5-6-10-16(15)28-20(14)21(27)24-19-13-17(22(2,3)4)25-26(19)18-11-7-8-12-23-18/h5-13H,1-4H3,(H,24,27). The van der Waals surface area contributed by atoms with Gasteiger partial charge in [0.05, 0.1) is 5.69 Å². The van der Waals surface area contributed by atoms with Crippen LogP contribution in [-0.4, -0.2) is 20.7 Å². The van der Waals surface area contributed by atoms with E-state index < -0.39 is 0 Å². The predicted octanol–water partition coefficient (Wildman–Crippen LogP) is 4.87. The average Bonchev–Trinajstić information content (AvgIpc) is 3.24. The minimum Gasteiger partial charge on any atom is -0.451 e. The number of benzene rings is 1. The lowest BCUT2D eigenvalue weighted by Gasteiger charge is -2.13. The largest absolute Gasteiger partial charge is 0.451 e. The fourth-order valence-electron chi connectivity index (χ4n) is 3.05. The number of furan rings is 1. The molecule has 0 bridgehead atoms. The van der Waals surface area contributed by atoms with Gasteiger partial charge in [-0.25, -0.2) is 4.98 Å². The summed E-state index contributed by atoms with van der Waals surface area (Å²) in [4.78, 5) is 17.3. The minimum absolute atomic E-state index is 0.172. The number of carbonyl (C=O) groups excluding carboxylic acids is 1. The number of carbonyl (C=O) groups is 1. The minimum atomic E-state index is -0.314. The summed E-state index contributed by atoms with van der Waals surface area (Å²) in [5.74, 6) is 1.17. The van der Waals surface area contributed by atoms with Gasteiger partial charge in [0.1, 0.15) is 11.4 Å². The second-order valence-electron chi connectivity index (χ2n) is 7.77. The first-order chi connectivity index (χ1) is 13.3. The van der Waals surface area contributed by atoms with Crippen molar-refractivity contribution in [3.63, 3.8) is 0 Å². The third-order valence-electron chi connectivity index (χ3n) is 4.64. The summed E-state index contributed by atoms with van der Waals surface area (Å²) in [6.45, 7) is 8.12. The highest BCUT2D eigenvalue weighted by atomic mass is 16.3. The van der Waals surface area contributed by atoms with Crippen molar-refractivity contribution in [2.75, 3.05) is 5.32 Å². The topological polar surface area (TPSA) is 73.0 Å². The number of aromatic nitrogens is 3. The van der Waals surface area contributed by atoms with Crippen molar-refractivity contribution in [3.05, 3.63) is 71.7 Å². The molecule has 0 aliphatic heterocycles. The summed E-state index contributed by atoms with van der Waals surface area (Å²) in [5.41, 5.74) is 2.19. The number of nitrogens with zero attached hydrogens (tertiary/aromatic N) is 3. The van der Waals surface area contributed by atoms with Gasteiger partial charge in [0.25, 0.3) is 5.91 Å². The zero-order chi connectivity index (χ0) is 19.9. The first-order valence-electron chi connectivity index (χ1n) is 9.16. The molecule has 142 valence electrons. The molecule has 0 radical (unpaired) electrons. The lowest BCUT2D eigenvalue weighted by Crippen LogP contribution is -2.16. The Labute approximate surface area is 163 Å². The lowest BCUT2D eigenvalue weighted by atomic mass is 9.92. The first-order valence-corrected chi connectivity index (χ1v) is 9.16. The van der Waals surface area contributed by atoms with E-state index in [-0.39, 0.29) is 11.3 Å². The van der Waals surface area contributed by atoms with E-state index in [2.05, 4.69) is 36.2 Å². The molecule has 1 N–H and O–H groups in total. The van der Waals surface area contributed by atoms with Gasteiger partial charge >= 0.3 is 0 Å². The first kappa shape index (κ1) is 18.0. The van der Waals surface area contributed by atoms with Crippen molar-refractivity contribution in [1.82, 2.24) is 14.8 Å². The van der Waals surface area contributed by atoms with Crippen LogP contribution in [0.4, 0.5) is 5.82 Å². The molecule has 6 heteroatoms. The van der Waals surface area contributed by atoms with E-state index in [0.29, 0.717) is 23.0 Å². The Morgan fingerprint density at radius 1 is 1.11 bits per heavy atom. The molecule has 0 aliphatic rings. The Morgan fingerprint density at radius 3 is 2.54 bits per heavy atom. The number of fused-ring (bicyclic) bond motifs is 1. The van der Waals surface area contributed by atoms with Gasteiger partial charge in [-0.2, -0.15) is 9.78 Å². The molecule has 0 saturated carbocycles. The molecule has 6 nitrogen and oxygen atoms in total. The Balaban J connectivity index is 1.75. The summed E-state index contributed by atoms with van der Waals surface area (Å²) < 4.78 is 7.44. The van der Waals surface area contributed by atoms with Crippen LogP contribution in [0.15, 0.2) is 59.1 Å². The Morgan fingerprint density at radius 2 is 1.86 bits per heavy atom. The van der Waals surface area contributed by atoms with Gasteiger partial charge in [0, 0.05) is 28.6 Å². The van der Waals surface area contributed by atoms with Crippen LogP contribution in [0.2, 0.25) is 0 Å². The van der Waals surface area contributed by atoms with Crippen molar-refractivity contribution in [2.24, 2.45) is 0 Å². The van der Waals surface area contributed by atoms with Crippen LogP contribution in [-0.2, 0) is 5.41 Å². The van der Waals surface area contributed by atoms with Gasteiger partial charge < -0.3 is 9.73 Å². The van der Waals surface area contributed by atoms with Crippen molar-refractivity contribution in [1.29, 1.82) is 0 Å². The maximum Gasteiger partial charge on any atom is 0.292 e. The molecule has 1 aromatic carbocycles. The number of para-hydroxylation sites is 1. The Hall–Kier alpha value is -3.41. The van der Waals surface area contributed by atoms with Gasteiger partial charge in [-0.1, -0.05) is 45.0 Å². The maximum absolute atomic E-state index is 13.0. The number of anilines is 1. The summed E-state index contributed by atoms with van der Waals surface area (Å²) in [5, 5.41) is 8.55. The molecule has 0 fully saturated rings. The van der Waals surface area contributed by atoms with Gasteiger partial charge in [0.2, 0.25) is 0 Å². The molecule has 28 heavy (non-hydrogen) atoms. The van der Waals surface area contributed by atoms with Crippen LogP contribution in [0.1, 0.15) is 42.6 Å². The number of rotatable bonds is 3. The number of hydrogen-bond donors (Lipinski definition) is 1. The lowest BCUT2D eigenvalue weighted by molar-refractivity contribution is 0.0997. The number of pyridine rings is 1. The van der Waals surface area contributed by atoms with Gasteiger partial charge in [-0.05, 0) is 25.1 Å². The molecular formula is C22H22N4O2. The highest BCUT2D eigenvalue weighted by Crippen LogP contribution is 2.28. The number of hydrogen-bond acceptors (Lipinski definition) is 4. The quantitative estimate of drug-likeness (QED) is 0.555. The molecule has 0 unspecified atom stereocenters. The second-order valence-corrected chi connectivity index (χ2v) is 7.77. The van der Waals surface area contributed by atoms with Crippen LogP contribution in [0.25, 0.3) is 16.8 Å². The Kier molecular flexibility index (Phi) is 4.26. The fourth-order valence-corrected chi connectivity index (χ4v) is 3.05. The van der Waals surface area contributed by atoms with E-state index in [1.165, 1.54) is 0 Å². The highest BCUT2D eigenvalue weighted by Gasteiger charge is 2.24. The van der Waals surface area contributed by atoms with Crippen molar-refractivity contribution in [2.45, 2.75) is 33.1 Å². The third kappa shape index (κ3) is 3.17. The average molecular weight is 374 g/mol. The third-order valence-corrected chi connectivity index (χ3v) is 4.64. The number of aryl methyl sites for hydroxylation is 1. The van der Waals surface area contributed by atoms with E-state index in [0.717, 1.165) is 16.6 Å². The summed E-state index contributed by atoms with van der Waals surface area (Å²) in [6, 6.07) is 15.1.